The molecule has 0 amide bonds. The van der Waals surface area contributed by atoms with Crippen molar-refractivity contribution in [3.63, 3.8) is 0 Å². The zero-order chi connectivity index (χ0) is 19.4. The standard InChI is InChI=1S/C20H14F3NO3/c21-16-7-4-13(5-8-16)10-14-6-9-19(27-20(22)23)18(11-14)15-2-1-3-17(12-15)24(25)26/h1-9,11-12,20H,10H2. The molecule has 0 aromatic heterocycles. The Morgan fingerprint density at radius 3 is 2.33 bits per heavy atom. The number of hydrogen-bond acceptors (Lipinski definition) is 3. The Kier molecular flexibility index (Phi) is 5.40. The van der Waals surface area contributed by atoms with Crippen molar-refractivity contribution in [1.29, 1.82) is 0 Å². The van der Waals surface area contributed by atoms with E-state index in [1.165, 1.54) is 36.4 Å². The van der Waals surface area contributed by atoms with E-state index in [1.54, 1.807) is 30.3 Å². The lowest BCUT2D eigenvalue weighted by molar-refractivity contribution is -0.384. The van der Waals surface area contributed by atoms with Crippen molar-refractivity contribution in [2.24, 2.45) is 0 Å². The van der Waals surface area contributed by atoms with Gasteiger partial charge in [0.05, 0.1) is 4.92 Å². The Morgan fingerprint density at radius 1 is 0.963 bits per heavy atom. The zero-order valence-electron chi connectivity index (χ0n) is 13.9. The van der Waals surface area contributed by atoms with Gasteiger partial charge in [0.25, 0.3) is 5.69 Å². The smallest absolute Gasteiger partial charge is 0.387 e. The van der Waals surface area contributed by atoms with Crippen molar-refractivity contribution < 1.29 is 22.8 Å². The number of nitrogens with zero attached hydrogens (tertiary/aromatic N) is 1. The lowest BCUT2D eigenvalue weighted by Gasteiger charge is -2.13. The van der Waals surface area contributed by atoms with Gasteiger partial charge in [-0.25, -0.2) is 4.39 Å². The van der Waals surface area contributed by atoms with Gasteiger partial charge in [0.2, 0.25) is 0 Å². The highest BCUT2D eigenvalue weighted by atomic mass is 19.3. The Hall–Kier alpha value is -3.35. The summed E-state index contributed by atoms with van der Waals surface area (Å²) in [4.78, 5) is 10.5. The Balaban J connectivity index is 2.01. The maximum Gasteiger partial charge on any atom is 0.387 e. The van der Waals surface area contributed by atoms with Crippen molar-refractivity contribution in [1.82, 2.24) is 0 Å². The molecule has 138 valence electrons. The molecule has 0 fully saturated rings. The van der Waals surface area contributed by atoms with Gasteiger partial charge in [-0.15, -0.1) is 0 Å². The van der Waals surface area contributed by atoms with E-state index in [2.05, 4.69) is 4.74 Å². The van der Waals surface area contributed by atoms with Crippen LogP contribution in [0.1, 0.15) is 11.1 Å². The van der Waals surface area contributed by atoms with Crippen LogP contribution in [0.25, 0.3) is 11.1 Å². The minimum atomic E-state index is -3.02. The number of rotatable bonds is 6. The summed E-state index contributed by atoms with van der Waals surface area (Å²) in [6.45, 7) is -3.02. The fourth-order valence-corrected chi connectivity index (χ4v) is 2.74. The average Bonchev–Trinajstić information content (AvgIpc) is 2.64. The van der Waals surface area contributed by atoms with Crippen molar-refractivity contribution in [2.75, 3.05) is 0 Å². The maximum absolute atomic E-state index is 13.0. The molecule has 0 aliphatic rings. The van der Waals surface area contributed by atoms with Crippen LogP contribution < -0.4 is 4.74 Å². The first kappa shape index (κ1) is 18.4. The third-order valence-corrected chi connectivity index (χ3v) is 3.95. The van der Waals surface area contributed by atoms with Gasteiger partial charge in [-0.1, -0.05) is 30.3 Å². The quantitative estimate of drug-likeness (QED) is 0.418. The Bertz CT molecular complexity index is 959. The highest BCUT2D eigenvalue weighted by Crippen LogP contribution is 2.34. The summed E-state index contributed by atoms with van der Waals surface area (Å²) in [5.74, 6) is -0.426. The highest BCUT2D eigenvalue weighted by Gasteiger charge is 2.15. The Morgan fingerprint density at radius 2 is 1.67 bits per heavy atom. The number of alkyl halides is 2. The van der Waals surface area contributed by atoms with Gasteiger partial charge in [-0.2, -0.15) is 8.78 Å². The predicted molar refractivity (Wildman–Crippen MR) is 94.4 cm³/mol. The van der Waals surface area contributed by atoms with Gasteiger partial charge in [0, 0.05) is 17.7 Å². The summed E-state index contributed by atoms with van der Waals surface area (Å²) in [6.07, 6.45) is 0.442. The zero-order valence-corrected chi connectivity index (χ0v) is 13.9. The molecule has 3 aromatic rings. The van der Waals surface area contributed by atoms with E-state index in [9.17, 15) is 23.3 Å². The summed E-state index contributed by atoms with van der Waals surface area (Å²) >= 11 is 0. The summed E-state index contributed by atoms with van der Waals surface area (Å²) in [5.41, 5.74) is 2.16. The molecular weight excluding hydrogens is 359 g/mol. The summed E-state index contributed by atoms with van der Waals surface area (Å²) in [5, 5.41) is 11.0. The van der Waals surface area contributed by atoms with Crippen LogP contribution in [0.3, 0.4) is 0 Å². The lowest BCUT2D eigenvalue weighted by Crippen LogP contribution is -2.04. The third kappa shape index (κ3) is 4.63. The fourth-order valence-electron chi connectivity index (χ4n) is 2.74. The van der Waals surface area contributed by atoms with Gasteiger partial charge in [-0.3, -0.25) is 10.1 Å². The highest BCUT2D eigenvalue weighted by molar-refractivity contribution is 5.73. The number of benzene rings is 3. The van der Waals surface area contributed by atoms with Crippen LogP contribution in [-0.2, 0) is 6.42 Å². The van der Waals surface area contributed by atoms with Crippen LogP contribution in [0.15, 0.2) is 66.7 Å². The number of nitro groups is 1. The molecule has 0 saturated heterocycles. The molecule has 27 heavy (non-hydrogen) atoms. The molecule has 4 nitrogen and oxygen atoms in total. The van der Waals surface area contributed by atoms with Crippen molar-refractivity contribution in [3.05, 3.63) is 93.8 Å². The summed E-state index contributed by atoms with van der Waals surface area (Å²) in [7, 11) is 0. The monoisotopic (exact) mass is 373 g/mol. The molecular formula is C20H14F3NO3. The van der Waals surface area contributed by atoms with Crippen LogP contribution in [0.5, 0.6) is 5.75 Å². The van der Waals surface area contributed by atoms with Gasteiger partial charge in [0.1, 0.15) is 11.6 Å². The molecule has 0 atom stereocenters. The van der Waals surface area contributed by atoms with Crippen molar-refractivity contribution in [3.8, 4) is 16.9 Å². The van der Waals surface area contributed by atoms with Crippen molar-refractivity contribution >= 4 is 5.69 Å². The van der Waals surface area contributed by atoms with E-state index in [0.29, 0.717) is 17.5 Å². The number of hydrogen-bond donors (Lipinski definition) is 0. The van der Waals surface area contributed by atoms with Crippen LogP contribution in [0, 0.1) is 15.9 Å². The second-order valence-electron chi connectivity index (χ2n) is 5.82. The molecule has 3 aromatic carbocycles. The first-order chi connectivity index (χ1) is 12.9. The van der Waals surface area contributed by atoms with E-state index >= 15 is 0 Å². The van der Waals surface area contributed by atoms with E-state index in [-0.39, 0.29) is 17.3 Å². The van der Waals surface area contributed by atoms with E-state index in [4.69, 9.17) is 0 Å². The first-order valence-electron chi connectivity index (χ1n) is 7.99. The summed E-state index contributed by atoms with van der Waals surface area (Å²) in [6, 6.07) is 16.3. The number of nitro benzene ring substituents is 1. The minimum absolute atomic E-state index is 0.0756. The lowest BCUT2D eigenvalue weighted by atomic mass is 9.98. The second kappa shape index (κ2) is 7.90. The van der Waals surface area contributed by atoms with Crippen LogP contribution in [-0.4, -0.2) is 11.5 Å². The molecule has 0 bridgehead atoms. The second-order valence-corrected chi connectivity index (χ2v) is 5.82. The van der Waals surface area contributed by atoms with Crippen molar-refractivity contribution in [2.45, 2.75) is 13.0 Å². The normalized spacial score (nSPS) is 10.8. The van der Waals surface area contributed by atoms with Gasteiger partial charge < -0.3 is 4.74 Å². The number of ether oxygens (including phenoxy) is 1. The number of non-ortho nitro benzene ring substituents is 1. The van der Waals surface area contributed by atoms with Crippen LogP contribution >= 0.6 is 0 Å². The summed E-state index contributed by atoms with van der Waals surface area (Å²) < 4.78 is 43.1. The average molecular weight is 373 g/mol. The topological polar surface area (TPSA) is 52.4 Å². The molecule has 0 saturated carbocycles. The maximum atomic E-state index is 13.0. The van der Waals surface area contributed by atoms with Gasteiger partial charge in [0.15, 0.2) is 0 Å². The first-order valence-corrected chi connectivity index (χ1v) is 7.99. The molecule has 7 heteroatoms. The van der Waals surface area contributed by atoms with E-state index in [0.717, 1.165) is 11.1 Å². The SMILES string of the molecule is O=[N+]([O-])c1cccc(-c2cc(Cc3ccc(F)cc3)ccc2OC(F)F)c1. The predicted octanol–water partition coefficient (Wildman–Crippen LogP) is 5.59. The Labute approximate surface area is 153 Å². The van der Waals surface area contributed by atoms with Crippen LogP contribution in [0.2, 0.25) is 0 Å². The number of halogens is 3. The molecule has 0 aliphatic carbocycles. The fraction of sp³-hybridized carbons (Fsp3) is 0.100. The largest absolute Gasteiger partial charge is 0.434 e. The molecule has 0 heterocycles. The van der Waals surface area contributed by atoms with Gasteiger partial charge in [-0.05, 0) is 47.4 Å². The molecule has 3 rings (SSSR count). The van der Waals surface area contributed by atoms with E-state index < -0.39 is 11.5 Å². The minimum Gasteiger partial charge on any atom is -0.434 e. The van der Waals surface area contributed by atoms with E-state index in [1.807, 2.05) is 0 Å². The molecule has 0 N–H and O–H groups in total. The third-order valence-electron chi connectivity index (χ3n) is 3.95. The molecule has 0 aliphatic heterocycles. The molecule has 0 spiro atoms. The molecule has 0 unspecified atom stereocenters. The van der Waals surface area contributed by atoms with Crippen LogP contribution in [0.4, 0.5) is 18.9 Å². The van der Waals surface area contributed by atoms with Gasteiger partial charge >= 0.3 is 6.61 Å². The molecule has 0 radical (unpaired) electrons.